The van der Waals surface area contributed by atoms with Crippen molar-refractivity contribution in [2.75, 3.05) is 19.0 Å². The predicted molar refractivity (Wildman–Crippen MR) is 171 cm³/mol. The van der Waals surface area contributed by atoms with Gasteiger partial charge in [-0.25, -0.2) is 0 Å². The second kappa shape index (κ2) is 11.7. The van der Waals surface area contributed by atoms with Crippen LogP contribution in [0.2, 0.25) is 0 Å². The van der Waals surface area contributed by atoms with Crippen molar-refractivity contribution in [3.63, 3.8) is 0 Å². The van der Waals surface area contributed by atoms with Gasteiger partial charge in [-0.3, -0.25) is 9.78 Å². The summed E-state index contributed by atoms with van der Waals surface area (Å²) in [5, 5.41) is 9.35. The van der Waals surface area contributed by atoms with Gasteiger partial charge in [0.1, 0.15) is 5.75 Å². The average molecular weight is 576 g/mol. The van der Waals surface area contributed by atoms with Gasteiger partial charge >= 0.3 is 0 Å². The number of amides is 1. The summed E-state index contributed by atoms with van der Waals surface area (Å²) in [5.74, 6) is 0.742. The molecule has 212 valence electrons. The predicted octanol–water partition coefficient (Wildman–Crippen LogP) is 6.65. The molecule has 3 aromatic carbocycles. The van der Waals surface area contributed by atoms with E-state index in [1.807, 2.05) is 78.9 Å². The molecule has 0 spiro atoms. The third-order valence-corrected chi connectivity index (χ3v) is 8.29. The minimum atomic E-state index is -0.168. The van der Waals surface area contributed by atoms with Crippen LogP contribution in [-0.4, -0.2) is 39.1 Å². The maximum Gasteiger partial charge on any atom is 0.226 e. The van der Waals surface area contributed by atoms with Gasteiger partial charge in [0.05, 0.1) is 24.9 Å². The highest BCUT2D eigenvalue weighted by Gasteiger charge is 2.41. The molecule has 7 nitrogen and oxygen atoms in total. The summed E-state index contributed by atoms with van der Waals surface area (Å²) in [5.41, 5.74) is 6.07. The standard InChI is InChI=1S/C34H33N5O2S/c1-22-20-28(23(2)39(22)25-12-9-13-26(21-25)41-3)33-32(30-15-6-7-18-35-30)37-34(42)38(33)19-17-31(40)36-29-16-8-11-24-10-4-5-14-27(24)29/h4-16,18,20-21,32-33H,17,19H2,1-3H3,(H,36,40)(H,37,42)/t32-,33-/m0/s1. The molecular weight excluding hydrogens is 542 g/mol. The molecule has 5 aromatic rings. The number of aromatic nitrogens is 2. The van der Waals surface area contributed by atoms with Crippen molar-refractivity contribution in [3.05, 3.63) is 120 Å². The summed E-state index contributed by atoms with van der Waals surface area (Å²) >= 11 is 5.88. The summed E-state index contributed by atoms with van der Waals surface area (Å²) in [6.07, 6.45) is 2.09. The molecule has 2 aromatic heterocycles. The number of rotatable bonds is 8. The normalized spacial score (nSPS) is 16.5. The van der Waals surface area contributed by atoms with Crippen molar-refractivity contribution >= 4 is 39.7 Å². The largest absolute Gasteiger partial charge is 0.497 e. The summed E-state index contributed by atoms with van der Waals surface area (Å²) in [7, 11) is 1.68. The van der Waals surface area contributed by atoms with E-state index in [0.717, 1.165) is 50.5 Å². The van der Waals surface area contributed by atoms with Gasteiger partial charge in [-0.05, 0) is 73.4 Å². The third-order valence-electron chi connectivity index (χ3n) is 7.94. The van der Waals surface area contributed by atoms with Gasteiger partial charge in [0, 0.05) is 53.4 Å². The number of hydrogen-bond donors (Lipinski definition) is 2. The monoisotopic (exact) mass is 575 g/mol. The van der Waals surface area contributed by atoms with Gasteiger partial charge in [-0.2, -0.15) is 0 Å². The number of fused-ring (bicyclic) bond motifs is 1. The summed E-state index contributed by atoms with van der Waals surface area (Å²) in [6, 6.07) is 29.9. The lowest BCUT2D eigenvalue weighted by molar-refractivity contribution is -0.116. The van der Waals surface area contributed by atoms with Crippen LogP contribution in [0.5, 0.6) is 5.75 Å². The number of benzene rings is 3. The van der Waals surface area contributed by atoms with Crippen LogP contribution < -0.4 is 15.4 Å². The Kier molecular flexibility index (Phi) is 7.63. The zero-order valence-corrected chi connectivity index (χ0v) is 24.7. The summed E-state index contributed by atoms with van der Waals surface area (Å²) < 4.78 is 7.73. The van der Waals surface area contributed by atoms with Crippen LogP contribution in [0, 0.1) is 13.8 Å². The van der Waals surface area contributed by atoms with E-state index in [4.69, 9.17) is 17.0 Å². The number of thiocarbonyl (C=S) groups is 1. The first-order valence-corrected chi connectivity index (χ1v) is 14.4. The molecule has 0 unspecified atom stereocenters. The van der Waals surface area contributed by atoms with E-state index < -0.39 is 0 Å². The fourth-order valence-corrected chi connectivity index (χ4v) is 6.32. The first kappa shape index (κ1) is 27.5. The molecule has 1 amide bonds. The molecule has 1 fully saturated rings. The molecule has 2 atom stereocenters. The van der Waals surface area contributed by atoms with Crippen molar-refractivity contribution in [1.82, 2.24) is 19.8 Å². The molecule has 3 heterocycles. The number of aryl methyl sites for hydroxylation is 1. The molecule has 2 N–H and O–H groups in total. The van der Waals surface area contributed by atoms with Crippen molar-refractivity contribution in [1.29, 1.82) is 0 Å². The highest BCUT2D eigenvalue weighted by molar-refractivity contribution is 7.80. The number of hydrogen-bond acceptors (Lipinski definition) is 4. The summed E-state index contributed by atoms with van der Waals surface area (Å²) in [6.45, 7) is 4.69. The number of ether oxygens (including phenoxy) is 1. The maximum absolute atomic E-state index is 13.3. The topological polar surface area (TPSA) is 71.4 Å². The second-order valence-electron chi connectivity index (χ2n) is 10.5. The zero-order valence-electron chi connectivity index (χ0n) is 23.9. The lowest BCUT2D eigenvalue weighted by Crippen LogP contribution is -2.33. The van der Waals surface area contributed by atoms with Crippen LogP contribution in [0.4, 0.5) is 5.69 Å². The van der Waals surface area contributed by atoms with E-state index in [1.54, 1.807) is 13.3 Å². The lowest BCUT2D eigenvalue weighted by Gasteiger charge is -2.28. The molecule has 42 heavy (non-hydrogen) atoms. The Morgan fingerprint density at radius 3 is 2.60 bits per heavy atom. The molecule has 1 saturated heterocycles. The lowest BCUT2D eigenvalue weighted by atomic mass is 9.96. The van der Waals surface area contributed by atoms with Gasteiger partial charge in [0.15, 0.2) is 5.11 Å². The van der Waals surface area contributed by atoms with E-state index in [-0.39, 0.29) is 24.4 Å². The zero-order chi connectivity index (χ0) is 29.2. The number of nitrogens with one attached hydrogen (secondary N) is 2. The van der Waals surface area contributed by atoms with Gasteiger partial charge in [0.25, 0.3) is 0 Å². The molecule has 0 bridgehead atoms. The van der Waals surface area contributed by atoms with E-state index in [0.29, 0.717) is 11.7 Å². The molecule has 0 saturated carbocycles. The highest BCUT2D eigenvalue weighted by Crippen LogP contribution is 2.41. The minimum absolute atomic E-state index is 0.0592. The van der Waals surface area contributed by atoms with Crippen LogP contribution in [-0.2, 0) is 4.79 Å². The van der Waals surface area contributed by atoms with Crippen molar-refractivity contribution in [2.45, 2.75) is 32.4 Å². The van der Waals surface area contributed by atoms with Crippen LogP contribution in [0.25, 0.3) is 16.5 Å². The Morgan fingerprint density at radius 1 is 1.00 bits per heavy atom. The van der Waals surface area contributed by atoms with Crippen molar-refractivity contribution < 1.29 is 9.53 Å². The third kappa shape index (κ3) is 5.21. The van der Waals surface area contributed by atoms with Gasteiger partial charge in [-0.1, -0.05) is 48.5 Å². The summed E-state index contributed by atoms with van der Waals surface area (Å²) in [4.78, 5) is 20.1. The smallest absolute Gasteiger partial charge is 0.226 e. The van der Waals surface area contributed by atoms with Crippen LogP contribution >= 0.6 is 12.2 Å². The number of carbonyl (C=O) groups is 1. The Balaban J connectivity index is 1.31. The van der Waals surface area contributed by atoms with Gasteiger partial charge < -0.3 is 24.8 Å². The maximum atomic E-state index is 13.3. The Labute approximate surface area is 251 Å². The Hall–Kier alpha value is -4.69. The van der Waals surface area contributed by atoms with Crippen LogP contribution in [0.1, 0.15) is 41.1 Å². The number of carbonyl (C=O) groups excluding carboxylic acids is 1. The SMILES string of the molecule is COc1cccc(-n2c(C)cc([C@H]3[C@H](c4ccccn4)NC(=S)N3CCC(=O)Nc3cccc4ccccc34)c2C)c1. The van der Waals surface area contributed by atoms with E-state index >= 15 is 0 Å². The van der Waals surface area contributed by atoms with E-state index in [9.17, 15) is 4.79 Å². The van der Waals surface area contributed by atoms with Gasteiger partial charge in [0.2, 0.25) is 5.91 Å². The fourth-order valence-electron chi connectivity index (χ4n) is 5.99. The first-order valence-electron chi connectivity index (χ1n) is 14.0. The molecule has 0 radical (unpaired) electrons. The number of methoxy groups -OCH3 is 1. The number of anilines is 1. The quantitative estimate of drug-likeness (QED) is 0.202. The number of pyridine rings is 1. The molecule has 8 heteroatoms. The van der Waals surface area contributed by atoms with E-state index in [1.165, 1.54) is 0 Å². The molecule has 6 rings (SSSR count). The molecule has 1 aliphatic rings. The van der Waals surface area contributed by atoms with E-state index in [2.05, 4.69) is 51.1 Å². The first-order chi connectivity index (χ1) is 20.4. The fraction of sp³-hybridized carbons (Fsp3) is 0.206. The van der Waals surface area contributed by atoms with Crippen LogP contribution in [0.3, 0.4) is 0 Å². The van der Waals surface area contributed by atoms with Gasteiger partial charge in [-0.15, -0.1) is 0 Å². The molecule has 1 aliphatic heterocycles. The Morgan fingerprint density at radius 2 is 1.79 bits per heavy atom. The average Bonchev–Trinajstić information content (AvgIpc) is 3.50. The highest BCUT2D eigenvalue weighted by atomic mass is 32.1. The molecule has 0 aliphatic carbocycles. The van der Waals surface area contributed by atoms with Crippen molar-refractivity contribution in [3.8, 4) is 11.4 Å². The second-order valence-corrected chi connectivity index (χ2v) is 10.9. The van der Waals surface area contributed by atoms with Crippen molar-refractivity contribution in [2.24, 2.45) is 0 Å². The Bertz CT molecular complexity index is 1760. The minimum Gasteiger partial charge on any atom is -0.497 e. The number of nitrogens with zero attached hydrogens (tertiary/aromatic N) is 3. The van der Waals surface area contributed by atoms with Crippen LogP contribution in [0.15, 0.2) is 97.2 Å². The molecular formula is C34H33N5O2S.